The predicted octanol–water partition coefficient (Wildman–Crippen LogP) is 4.99. The standard InChI is InChI=1S/C27H26F2N6/c28-21-11-12-23(22(29)17-21)33-26-24(30)27(32-18-31-26)35-15-13-34(14-16-35)25(19-7-3-1-4-8-19)20-9-5-2-6-10-20/h1-12,17-18,25H,13-16,30H2,(H,31,32,33). The summed E-state index contributed by atoms with van der Waals surface area (Å²) < 4.78 is 27.4. The van der Waals surface area contributed by atoms with Gasteiger partial charge in [0.2, 0.25) is 0 Å². The van der Waals surface area contributed by atoms with Crippen LogP contribution in [0.4, 0.5) is 31.8 Å². The van der Waals surface area contributed by atoms with Gasteiger partial charge in [0.25, 0.3) is 0 Å². The van der Waals surface area contributed by atoms with Crippen LogP contribution in [-0.2, 0) is 0 Å². The fourth-order valence-corrected chi connectivity index (χ4v) is 4.53. The summed E-state index contributed by atoms with van der Waals surface area (Å²) in [5.41, 5.74) is 9.31. The summed E-state index contributed by atoms with van der Waals surface area (Å²) >= 11 is 0. The Morgan fingerprint density at radius 1 is 0.800 bits per heavy atom. The van der Waals surface area contributed by atoms with Gasteiger partial charge in [-0.25, -0.2) is 18.7 Å². The highest BCUT2D eigenvalue weighted by Crippen LogP contribution is 2.33. The third kappa shape index (κ3) is 4.93. The first-order chi connectivity index (χ1) is 17.1. The molecule has 0 spiro atoms. The second kappa shape index (κ2) is 10.1. The molecular weight excluding hydrogens is 446 g/mol. The normalized spacial score (nSPS) is 14.3. The lowest BCUT2D eigenvalue weighted by Gasteiger charge is -2.40. The van der Waals surface area contributed by atoms with Gasteiger partial charge < -0.3 is 16.0 Å². The number of nitrogens with two attached hydrogens (primary N) is 1. The van der Waals surface area contributed by atoms with Crippen molar-refractivity contribution >= 4 is 23.0 Å². The molecule has 5 rings (SSSR count). The van der Waals surface area contributed by atoms with Crippen molar-refractivity contribution < 1.29 is 8.78 Å². The van der Waals surface area contributed by atoms with E-state index < -0.39 is 11.6 Å². The smallest absolute Gasteiger partial charge is 0.159 e. The zero-order chi connectivity index (χ0) is 24.2. The molecule has 0 aliphatic carbocycles. The molecule has 0 bridgehead atoms. The topological polar surface area (TPSA) is 70.3 Å². The lowest BCUT2D eigenvalue weighted by Crippen LogP contribution is -2.48. The molecule has 2 heterocycles. The first kappa shape index (κ1) is 22.7. The zero-order valence-corrected chi connectivity index (χ0v) is 19.1. The van der Waals surface area contributed by atoms with Gasteiger partial charge in [0.15, 0.2) is 11.6 Å². The maximum Gasteiger partial charge on any atom is 0.159 e. The maximum atomic E-state index is 14.1. The average molecular weight is 473 g/mol. The number of hydrogen-bond acceptors (Lipinski definition) is 6. The van der Waals surface area contributed by atoms with Crippen LogP contribution in [0.1, 0.15) is 17.2 Å². The van der Waals surface area contributed by atoms with Crippen LogP contribution in [0.15, 0.2) is 85.2 Å². The number of aromatic nitrogens is 2. The number of piperazine rings is 1. The lowest BCUT2D eigenvalue weighted by atomic mass is 9.96. The Balaban J connectivity index is 1.34. The van der Waals surface area contributed by atoms with Gasteiger partial charge in [-0.1, -0.05) is 60.7 Å². The van der Waals surface area contributed by atoms with Gasteiger partial charge in [-0.15, -0.1) is 0 Å². The Bertz CT molecular complexity index is 1240. The Hall–Kier alpha value is -4.04. The van der Waals surface area contributed by atoms with Gasteiger partial charge in [-0.2, -0.15) is 0 Å². The molecule has 6 nitrogen and oxygen atoms in total. The van der Waals surface area contributed by atoms with E-state index in [9.17, 15) is 8.78 Å². The number of hydrogen-bond donors (Lipinski definition) is 2. The Kier molecular flexibility index (Phi) is 6.54. The van der Waals surface area contributed by atoms with Gasteiger partial charge in [-0.3, -0.25) is 4.90 Å². The first-order valence-corrected chi connectivity index (χ1v) is 11.5. The quantitative estimate of drug-likeness (QED) is 0.412. The van der Waals surface area contributed by atoms with Crippen LogP contribution in [0, 0.1) is 11.6 Å². The van der Waals surface area contributed by atoms with E-state index in [0.717, 1.165) is 32.2 Å². The highest BCUT2D eigenvalue weighted by molar-refractivity contribution is 5.78. The minimum atomic E-state index is -0.717. The van der Waals surface area contributed by atoms with Crippen molar-refractivity contribution in [1.29, 1.82) is 0 Å². The van der Waals surface area contributed by atoms with Crippen molar-refractivity contribution in [3.05, 3.63) is 108 Å². The van der Waals surface area contributed by atoms with E-state index in [1.54, 1.807) is 0 Å². The van der Waals surface area contributed by atoms with E-state index in [1.807, 2.05) is 12.1 Å². The van der Waals surface area contributed by atoms with E-state index >= 15 is 0 Å². The van der Waals surface area contributed by atoms with Crippen molar-refractivity contribution in [3.63, 3.8) is 0 Å². The largest absolute Gasteiger partial charge is 0.393 e. The predicted molar refractivity (Wildman–Crippen MR) is 135 cm³/mol. The molecule has 1 aromatic heterocycles. The molecule has 0 amide bonds. The van der Waals surface area contributed by atoms with Crippen LogP contribution in [-0.4, -0.2) is 41.0 Å². The number of nitrogen functional groups attached to an aromatic ring is 1. The SMILES string of the molecule is Nc1c(Nc2ccc(F)cc2F)ncnc1N1CCN(C(c2ccccc2)c2ccccc2)CC1. The van der Waals surface area contributed by atoms with E-state index in [0.29, 0.717) is 11.5 Å². The van der Waals surface area contributed by atoms with E-state index in [1.165, 1.54) is 29.6 Å². The molecule has 8 heteroatoms. The minimum Gasteiger partial charge on any atom is -0.393 e. The van der Waals surface area contributed by atoms with Crippen molar-refractivity contribution in [2.75, 3.05) is 42.1 Å². The van der Waals surface area contributed by atoms with Gasteiger partial charge in [0.05, 0.1) is 11.7 Å². The fourth-order valence-electron chi connectivity index (χ4n) is 4.53. The van der Waals surface area contributed by atoms with Crippen LogP contribution in [0.5, 0.6) is 0 Å². The minimum absolute atomic E-state index is 0.0983. The molecule has 1 aliphatic heterocycles. The number of anilines is 4. The molecule has 4 aromatic rings. The third-order valence-corrected chi connectivity index (χ3v) is 6.26. The summed E-state index contributed by atoms with van der Waals surface area (Å²) in [7, 11) is 0. The highest BCUT2D eigenvalue weighted by atomic mass is 19.1. The second-order valence-electron chi connectivity index (χ2n) is 8.46. The Morgan fingerprint density at radius 2 is 1.43 bits per heavy atom. The summed E-state index contributed by atoms with van der Waals surface area (Å²) in [6.45, 7) is 3.07. The molecule has 0 saturated carbocycles. The molecule has 1 aliphatic rings. The Morgan fingerprint density at radius 3 is 2.03 bits per heavy atom. The Labute approximate surface area is 203 Å². The molecule has 0 radical (unpaired) electrons. The molecule has 35 heavy (non-hydrogen) atoms. The third-order valence-electron chi connectivity index (χ3n) is 6.26. The molecule has 3 N–H and O–H groups in total. The van der Waals surface area contributed by atoms with Crippen LogP contribution in [0.3, 0.4) is 0 Å². The van der Waals surface area contributed by atoms with Gasteiger partial charge in [0.1, 0.15) is 23.6 Å². The van der Waals surface area contributed by atoms with Crippen molar-refractivity contribution in [1.82, 2.24) is 14.9 Å². The van der Waals surface area contributed by atoms with E-state index in [4.69, 9.17) is 5.73 Å². The molecule has 3 aromatic carbocycles. The van der Waals surface area contributed by atoms with Crippen molar-refractivity contribution in [2.24, 2.45) is 0 Å². The van der Waals surface area contributed by atoms with Crippen molar-refractivity contribution in [2.45, 2.75) is 6.04 Å². The molecule has 178 valence electrons. The number of nitrogens with zero attached hydrogens (tertiary/aromatic N) is 4. The summed E-state index contributed by atoms with van der Waals surface area (Å²) in [4.78, 5) is 13.2. The number of halogens is 2. The molecular formula is C27H26F2N6. The van der Waals surface area contributed by atoms with Gasteiger partial charge in [-0.05, 0) is 23.3 Å². The van der Waals surface area contributed by atoms with Gasteiger partial charge in [0, 0.05) is 32.2 Å². The average Bonchev–Trinajstić information content (AvgIpc) is 2.89. The van der Waals surface area contributed by atoms with Crippen LogP contribution in [0.25, 0.3) is 0 Å². The van der Waals surface area contributed by atoms with E-state index in [2.05, 4.69) is 73.6 Å². The first-order valence-electron chi connectivity index (χ1n) is 11.5. The summed E-state index contributed by atoms with van der Waals surface area (Å²) in [6.07, 6.45) is 1.40. The fraction of sp³-hybridized carbons (Fsp3) is 0.185. The summed E-state index contributed by atoms with van der Waals surface area (Å²) in [5.74, 6) is -0.479. The maximum absolute atomic E-state index is 14.1. The van der Waals surface area contributed by atoms with Crippen LogP contribution in [0.2, 0.25) is 0 Å². The van der Waals surface area contributed by atoms with Crippen molar-refractivity contribution in [3.8, 4) is 0 Å². The second-order valence-corrected chi connectivity index (χ2v) is 8.46. The highest BCUT2D eigenvalue weighted by Gasteiger charge is 2.28. The lowest BCUT2D eigenvalue weighted by molar-refractivity contribution is 0.212. The summed E-state index contributed by atoms with van der Waals surface area (Å²) in [5, 5.41) is 2.86. The molecule has 1 saturated heterocycles. The number of benzene rings is 3. The summed E-state index contributed by atoms with van der Waals surface area (Å²) in [6, 6.07) is 24.5. The van der Waals surface area contributed by atoms with Crippen LogP contribution >= 0.6 is 0 Å². The van der Waals surface area contributed by atoms with E-state index in [-0.39, 0.29) is 17.5 Å². The van der Waals surface area contributed by atoms with Crippen LogP contribution < -0.4 is 16.0 Å². The number of nitrogens with one attached hydrogen (secondary N) is 1. The number of rotatable bonds is 6. The zero-order valence-electron chi connectivity index (χ0n) is 19.1. The molecule has 1 fully saturated rings. The molecule has 0 unspecified atom stereocenters. The molecule has 0 atom stereocenters. The van der Waals surface area contributed by atoms with Gasteiger partial charge >= 0.3 is 0 Å². The monoisotopic (exact) mass is 472 g/mol.